The van der Waals surface area contributed by atoms with Gasteiger partial charge in [-0.1, -0.05) is 42.2 Å². The molecule has 1 aromatic carbocycles. The first-order valence-corrected chi connectivity index (χ1v) is 8.53. The molecule has 1 fully saturated rings. The molecule has 1 aromatic heterocycles. The van der Waals surface area contributed by atoms with E-state index in [4.69, 9.17) is 16.3 Å². The van der Waals surface area contributed by atoms with Crippen molar-refractivity contribution in [1.82, 2.24) is 10.2 Å². The second-order valence-electron chi connectivity index (χ2n) is 5.40. The zero-order chi connectivity index (χ0) is 15.5. The molecule has 0 saturated heterocycles. The Morgan fingerprint density at radius 2 is 2.05 bits per heavy atom. The second-order valence-corrected chi connectivity index (χ2v) is 6.79. The van der Waals surface area contributed by atoms with Crippen LogP contribution in [-0.4, -0.2) is 28.5 Å². The third-order valence-corrected chi connectivity index (χ3v) is 5.04. The second kappa shape index (κ2) is 6.71. The van der Waals surface area contributed by atoms with Crippen LogP contribution in [0.3, 0.4) is 0 Å². The maximum atomic E-state index is 9.79. The van der Waals surface area contributed by atoms with Gasteiger partial charge < -0.3 is 15.2 Å². The van der Waals surface area contributed by atoms with E-state index in [1.54, 1.807) is 12.1 Å². The number of nitrogens with one attached hydrogen (secondary N) is 1. The topological polar surface area (TPSA) is 67.3 Å². The standard InChI is InChI=1S/C15H18ClN3O2S/c1-21-12-8-9(7-11(16)13(12)20)14-18-19-15(22-14)17-10-5-3-2-4-6-10/h7-8,10,20H,2-6H2,1H3,(H,17,19). The van der Waals surface area contributed by atoms with Gasteiger partial charge in [0.25, 0.3) is 0 Å². The first-order valence-electron chi connectivity index (χ1n) is 7.34. The van der Waals surface area contributed by atoms with Crippen LogP contribution in [0, 0.1) is 0 Å². The monoisotopic (exact) mass is 339 g/mol. The van der Waals surface area contributed by atoms with E-state index in [-0.39, 0.29) is 10.8 Å². The van der Waals surface area contributed by atoms with E-state index in [0.29, 0.717) is 11.8 Å². The Morgan fingerprint density at radius 3 is 2.77 bits per heavy atom. The van der Waals surface area contributed by atoms with Crippen LogP contribution < -0.4 is 10.1 Å². The summed E-state index contributed by atoms with van der Waals surface area (Å²) < 4.78 is 5.12. The van der Waals surface area contributed by atoms with Gasteiger partial charge in [0.1, 0.15) is 5.01 Å². The number of anilines is 1. The van der Waals surface area contributed by atoms with Crippen LogP contribution in [0.15, 0.2) is 12.1 Å². The van der Waals surface area contributed by atoms with Gasteiger partial charge in [-0.2, -0.15) is 0 Å². The molecule has 0 atom stereocenters. The smallest absolute Gasteiger partial charge is 0.206 e. The Labute approximate surface area is 138 Å². The average molecular weight is 340 g/mol. The van der Waals surface area contributed by atoms with E-state index in [1.165, 1.54) is 50.6 Å². The fraction of sp³-hybridized carbons (Fsp3) is 0.467. The van der Waals surface area contributed by atoms with Gasteiger partial charge in [0.05, 0.1) is 12.1 Å². The Hall–Kier alpha value is -1.53. The number of benzene rings is 1. The number of rotatable bonds is 4. The summed E-state index contributed by atoms with van der Waals surface area (Å²) in [5.41, 5.74) is 0.786. The molecule has 118 valence electrons. The zero-order valence-electron chi connectivity index (χ0n) is 12.3. The summed E-state index contributed by atoms with van der Waals surface area (Å²) in [6.45, 7) is 0. The van der Waals surface area contributed by atoms with Crippen molar-refractivity contribution in [1.29, 1.82) is 0 Å². The van der Waals surface area contributed by atoms with Gasteiger partial charge in [0.15, 0.2) is 11.5 Å². The number of hydrogen-bond acceptors (Lipinski definition) is 6. The predicted octanol–water partition coefficient (Wildman–Crippen LogP) is 4.32. The van der Waals surface area contributed by atoms with Crippen LogP contribution in [0.4, 0.5) is 5.13 Å². The number of nitrogens with zero attached hydrogens (tertiary/aromatic N) is 2. The Kier molecular flexibility index (Phi) is 4.69. The van der Waals surface area contributed by atoms with Crippen molar-refractivity contribution in [3.8, 4) is 22.1 Å². The lowest BCUT2D eigenvalue weighted by Gasteiger charge is -2.21. The quantitative estimate of drug-likeness (QED) is 0.868. The minimum atomic E-state index is -0.0574. The minimum Gasteiger partial charge on any atom is -0.503 e. The molecule has 3 rings (SSSR count). The fourth-order valence-corrected chi connectivity index (χ4v) is 3.69. The molecular formula is C15H18ClN3O2S. The summed E-state index contributed by atoms with van der Waals surface area (Å²) >= 11 is 7.51. The third-order valence-electron chi connectivity index (χ3n) is 3.85. The molecule has 22 heavy (non-hydrogen) atoms. The highest BCUT2D eigenvalue weighted by atomic mass is 35.5. The maximum absolute atomic E-state index is 9.79. The Morgan fingerprint density at radius 1 is 1.27 bits per heavy atom. The normalized spacial score (nSPS) is 15.7. The lowest BCUT2D eigenvalue weighted by atomic mass is 9.96. The van der Waals surface area contributed by atoms with Crippen LogP contribution in [-0.2, 0) is 0 Å². The van der Waals surface area contributed by atoms with Gasteiger partial charge in [-0.25, -0.2) is 0 Å². The van der Waals surface area contributed by atoms with Crippen LogP contribution in [0.1, 0.15) is 32.1 Å². The summed E-state index contributed by atoms with van der Waals surface area (Å²) in [5, 5.41) is 23.5. The molecule has 1 saturated carbocycles. The fourth-order valence-electron chi connectivity index (χ4n) is 2.67. The summed E-state index contributed by atoms with van der Waals surface area (Å²) in [6.07, 6.45) is 6.25. The number of hydrogen-bond donors (Lipinski definition) is 2. The largest absolute Gasteiger partial charge is 0.503 e. The molecule has 2 N–H and O–H groups in total. The molecule has 0 radical (unpaired) electrons. The maximum Gasteiger partial charge on any atom is 0.206 e. The highest BCUT2D eigenvalue weighted by Crippen LogP contribution is 2.39. The van der Waals surface area contributed by atoms with Crippen molar-refractivity contribution in [2.75, 3.05) is 12.4 Å². The molecule has 0 spiro atoms. The molecule has 1 aliphatic carbocycles. The Bertz CT molecular complexity index is 656. The van der Waals surface area contributed by atoms with E-state index in [1.807, 2.05) is 0 Å². The molecule has 2 aromatic rings. The van der Waals surface area contributed by atoms with Crippen molar-refractivity contribution in [3.05, 3.63) is 17.2 Å². The lowest BCUT2D eigenvalue weighted by Crippen LogP contribution is -2.21. The highest BCUT2D eigenvalue weighted by Gasteiger charge is 2.17. The summed E-state index contributed by atoms with van der Waals surface area (Å²) in [6, 6.07) is 3.88. The first kappa shape index (κ1) is 15.4. The van der Waals surface area contributed by atoms with E-state index in [2.05, 4.69) is 15.5 Å². The average Bonchev–Trinajstić information content (AvgIpc) is 2.99. The van der Waals surface area contributed by atoms with Crippen molar-refractivity contribution in [3.63, 3.8) is 0 Å². The van der Waals surface area contributed by atoms with E-state index in [0.717, 1.165) is 15.7 Å². The molecule has 5 nitrogen and oxygen atoms in total. The predicted molar refractivity (Wildman–Crippen MR) is 89.1 cm³/mol. The zero-order valence-corrected chi connectivity index (χ0v) is 13.9. The van der Waals surface area contributed by atoms with Gasteiger partial charge >= 0.3 is 0 Å². The number of phenolic OH excluding ortho intramolecular Hbond substituents is 1. The van der Waals surface area contributed by atoms with Crippen molar-refractivity contribution in [2.24, 2.45) is 0 Å². The summed E-state index contributed by atoms with van der Waals surface area (Å²) in [7, 11) is 1.49. The molecule has 0 unspecified atom stereocenters. The Balaban J connectivity index is 1.79. The number of phenols is 1. The van der Waals surface area contributed by atoms with Crippen molar-refractivity contribution in [2.45, 2.75) is 38.1 Å². The molecule has 0 aliphatic heterocycles. The summed E-state index contributed by atoms with van der Waals surface area (Å²) in [4.78, 5) is 0. The molecule has 0 bridgehead atoms. The highest BCUT2D eigenvalue weighted by molar-refractivity contribution is 7.18. The van der Waals surface area contributed by atoms with Gasteiger partial charge in [0, 0.05) is 11.6 Å². The minimum absolute atomic E-state index is 0.0574. The number of halogens is 1. The van der Waals surface area contributed by atoms with Crippen LogP contribution in [0.5, 0.6) is 11.5 Å². The molecule has 1 heterocycles. The third kappa shape index (κ3) is 3.28. The lowest BCUT2D eigenvalue weighted by molar-refractivity contribution is 0.374. The summed E-state index contributed by atoms with van der Waals surface area (Å²) in [5.74, 6) is 0.275. The van der Waals surface area contributed by atoms with E-state index >= 15 is 0 Å². The van der Waals surface area contributed by atoms with Crippen molar-refractivity contribution >= 4 is 28.1 Å². The van der Waals surface area contributed by atoms with Gasteiger partial charge in [0.2, 0.25) is 5.13 Å². The molecule has 0 amide bonds. The SMILES string of the molecule is COc1cc(-c2nnc(NC3CCCCC3)s2)cc(Cl)c1O. The van der Waals surface area contributed by atoms with E-state index in [9.17, 15) is 5.11 Å². The van der Waals surface area contributed by atoms with Gasteiger partial charge in [-0.3, -0.25) is 0 Å². The number of ether oxygens (including phenoxy) is 1. The number of aromatic nitrogens is 2. The van der Waals surface area contributed by atoms with Gasteiger partial charge in [-0.05, 0) is 25.0 Å². The molecule has 7 heteroatoms. The van der Waals surface area contributed by atoms with Crippen LogP contribution in [0.2, 0.25) is 5.02 Å². The first-order chi connectivity index (χ1) is 10.7. The molecular weight excluding hydrogens is 322 g/mol. The molecule has 1 aliphatic rings. The number of aromatic hydroxyl groups is 1. The number of methoxy groups -OCH3 is 1. The van der Waals surface area contributed by atoms with E-state index < -0.39 is 0 Å². The van der Waals surface area contributed by atoms with Crippen LogP contribution >= 0.6 is 22.9 Å². The van der Waals surface area contributed by atoms with Crippen molar-refractivity contribution < 1.29 is 9.84 Å². The van der Waals surface area contributed by atoms with Crippen LogP contribution in [0.25, 0.3) is 10.6 Å². The van der Waals surface area contributed by atoms with Gasteiger partial charge in [-0.15, -0.1) is 10.2 Å².